The van der Waals surface area contributed by atoms with Crippen LogP contribution in [0.1, 0.15) is 5.56 Å². The van der Waals surface area contributed by atoms with Crippen LogP contribution in [0.2, 0.25) is 0 Å². The van der Waals surface area contributed by atoms with Crippen molar-refractivity contribution in [2.75, 3.05) is 5.73 Å². The van der Waals surface area contributed by atoms with Gasteiger partial charge in [0.2, 0.25) is 5.69 Å². The number of nitrogens with zero attached hydrogens (tertiary/aromatic N) is 1. The first-order chi connectivity index (χ1) is 7.75. The predicted octanol–water partition coefficient (Wildman–Crippen LogP) is 2.53. The molecule has 0 bridgehead atoms. The van der Waals surface area contributed by atoms with Gasteiger partial charge in [-0.15, -0.1) is 0 Å². The van der Waals surface area contributed by atoms with Crippen LogP contribution in [0, 0.1) is 5.21 Å². The third kappa shape index (κ3) is 2.39. The number of nitrogens with two attached hydrogens (primary N) is 1. The van der Waals surface area contributed by atoms with Gasteiger partial charge in [-0.25, -0.2) is 0 Å². The molecule has 80 valence electrons. The molecule has 0 unspecified atom stereocenters. The topological polar surface area (TPSA) is 52.1 Å². The lowest BCUT2D eigenvalue weighted by Crippen LogP contribution is -1.98. The second kappa shape index (κ2) is 4.49. The molecule has 2 rings (SSSR count). The first kappa shape index (κ1) is 10.2. The molecule has 0 amide bonds. The Kier molecular flexibility index (Phi) is 2.87. The van der Waals surface area contributed by atoms with Gasteiger partial charge in [0, 0.05) is 23.4 Å². The summed E-state index contributed by atoms with van der Waals surface area (Å²) >= 11 is 0. The highest BCUT2D eigenvalue weighted by Gasteiger charge is 2.00. The van der Waals surface area contributed by atoms with Crippen molar-refractivity contribution in [2.45, 2.75) is 0 Å². The van der Waals surface area contributed by atoms with Crippen molar-refractivity contribution in [3.8, 4) is 0 Å². The molecule has 0 aliphatic rings. The Bertz CT molecular complexity index is 489. The van der Waals surface area contributed by atoms with Crippen LogP contribution >= 0.6 is 0 Å². The molecule has 0 heterocycles. The van der Waals surface area contributed by atoms with Gasteiger partial charge in [-0.3, -0.25) is 0 Å². The number of anilines is 1. The Hall–Kier alpha value is -2.29. The Balaban J connectivity index is 2.28. The standard InChI is InChI=1S/C13H12N2O/c14-12-6-8-13(9-7-12)15(16)10-11-4-2-1-3-5-11/h1-10H,14H2. The van der Waals surface area contributed by atoms with E-state index >= 15 is 0 Å². The maximum Gasteiger partial charge on any atom is 0.216 e. The first-order valence-corrected chi connectivity index (χ1v) is 4.97. The summed E-state index contributed by atoms with van der Waals surface area (Å²) in [6.45, 7) is 0. The van der Waals surface area contributed by atoms with E-state index in [-0.39, 0.29) is 0 Å². The monoisotopic (exact) mass is 212 g/mol. The van der Waals surface area contributed by atoms with E-state index in [2.05, 4.69) is 0 Å². The van der Waals surface area contributed by atoms with Crippen molar-refractivity contribution in [2.24, 2.45) is 0 Å². The maximum atomic E-state index is 11.7. The summed E-state index contributed by atoms with van der Waals surface area (Å²) in [5, 5.41) is 11.7. The van der Waals surface area contributed by atoms with Crippen LogP contribution in [-0.2, 0) is 0 Å². The Morgan fingerprint density at radius 3 is 2.19 bits per heavy atom. The van der Waals surface area contributed by atoms with E-state index in [1.807, 2.05) is 30.3 Å². The first-order valence-electron chi connectivity index (χ1n) is 4.97. The normalized spacial score (nSPS) is 11.4. The largest absolute Gasteiger partial charge is 0.618 e. The Morgan fingerprint density at radius 2 is 1.56 bits per heavy atom. The fourth-order valence-corrected chi connectivity index (χ4v) is 1.37. The summed E-state index contributed by atoms with van der Waals surface area (Å²) in [4.78, 5) is 0. The van der Waals surface area contributed by atoms with E-state index in [1.165, 1.54) is 6.21 Å². The molecule has 0 radical (unpaired) electrons. The van der Waals surface area contributed by atoms with E-state index in [9.17, 15) is 5.21 Å². The Labute approximate surface area is 94.0 Å². The molecule has 2 aromatic carbocycles. The highest BCUT2D eigenvalue weighted by atomic mass is 16.5. The van der Waals surface area contributed by atoms with Crippen molar-refractivity contribution in [3.05, 3.63) is 65.4 Å². The second-order valence-corrected chi connectivity index (χ2v) is 3.46. The van der Waals surface area contributed by atoms with Crippen LogP contribution in [0.15, 0.2) is 54.6 Å². The molecule has 2 N–H and O–H groups in total. The quantitative estimate of drug-likeness (QED) is 0.273. The number of nitrogen functional groups attached to an aromatic ring is 1. The number of hydrogen-bond acceptors (Lipinski definition) is 2. The molecule has 0 aliphatic heterocycles. The molecule has 0 fully saturated rings. The van der Waals surface area contributed by atoms with Crippen LogP contribution in [-0.4, -0.2) is 11.0 Å². The minimum atomic E-state index is 0.568. The zero-order valence-electron chi connectivity index (χ0n) is 8.71. The van der Waals surface area contributed by atoms with Gasteiger partial charge in [-0.1, -0.05) is 18.2 Å². The molecule has 0 aliphatic carbocycles. The molecule has 0 atom stereocenters. The van der Waals surface area contributed by atoms with Gasteiger partial charge < -0.3 is 10.9 Å². The molecule has 0 saturated carbocycles. The molecule has 3 nitrogen and oxygen atoms in total. The average Bonchev–Trinajstić information content (AvgIpc) is 2.31. The van der Waals surface area contributed by atoms with Gasteiger partial charge in [-0.05, 0) is 24.3 Å². The molecular weight excluding hydrogens is 200 g/mol. The van der Waals surface area contributed by atoms with Crippen LogP contribution in [0.4, 0.5) is 11.4 Å². The van der Waals surface area contributed by atoms with E-state index < -0.39 is 0 Å². The fraction of sp³-hybridized carbons (Fsp3) is 0. The smallest absolute Gasteiger partial charge is 0.216 e. The lowest BCUT2D eigenvalue weighted by molar-refractivity contribution is -0.354. The SMILES string of the molecule is Nc1ccc([N+]([O-])=Cc2ccccc2)cc1. The van der Waals surface area contributed by atoms with Crippen molar-refractivity contribution in [3.63, 3.8) is 0 Å². The minimum Gasteiger partial charge on any atom is -0.618 e. The Morgan fingerprint density at radius 1 is 0.938 bits per heavy atom. The average molecular weight is 212 g/mol. The van der Waals surface area contributed by atoms with E-state index in [4.69, 9.17) is 5.73 Å². The second-order valence-electron chi connectivity index (χ2n) is 3.46. The summed E-state index contributed by atoms with van der Waals surface area (Å²) in [5.74, 6) is 0. The summed E-state index contributed by atoms with van der Waals surface area (Å²) in [7, 11) is 0. The van der Waals surface area contributed by atoms with Crippen molar-refractivity contribution in [1.29, 1.82) is 0 Å². The maximum absolute atomic E-state index is 11.7. The highest BCUT2D eigenvalue weighted by Crippen LogP contribution is 2.13. The van der Waals surface area contributed by atoms with Crippen LogP contribution in [0.5, 0.6) is 0 Å². The zero-order chi connectivity index (χ0) is 11.4. The fourth-order valence-electron chi connectivity index (χ4n) is 1.37. The molecular formula is C13H12N2O. The summed E-state index contributed by atoms with van der Waals surface area (Å²) in [6.07, 6.45) is 1.53. The molecule has 16 heavy (non-hydrogen) atoms. The van der Waals surface area contributed by atoms with Crippen LogP contribution < -0.4 is 5.73 Å². The van der Waals surface area contributed by atoms with E-state index in [0.717, 1.165) is 10.3 Å². The third-order valence-corrected chi connectivity index (χ3v) is 2.21. The molecule has 0 aromatic heterocycles. The van der Waals surface area contributed by atoms with Crippen molar-refractivity contribution >= 4 is 17.6 Å². The molecule has 0 spiro atoms. The highest BCUT2D eigenvalue weighted by molar-refractivity contribution is 5.76. The number of rotatable bonds is 2. The van der Waals surface area contributed by atoms with Gasteiger partial charge in [0.1, 0.15) is 0 Å². The molecule has 2 aromatic rings. The van der Waals surface area contributed by atoms with Gasteiger partial charge in [0.05, 0.1) is 0 Å². The lowest BCUT2D eigenvalue weighted by atomic mass is 10.2. The summed E-state index contributed by atoms with van der Waals surface area (Å²) in [5.41, 5.74) is 7.64. The van der Waals surface area contributed by atoms with Crippen molar-refractivity contribution in [1.82, 2.24) is 0 Å². The minimum absolute atomic E-state index is 0.568. The molecule has 0 saturated heterocycles. The zero-order valence-corrected chi connectivity index (χ0v) is 8.71. The predicted molar refractivity (Wildman–Crippen MR) is 65.7 cm³/mol. The van der Waals surface area contributed by atoms with Gasteiger partial charge >= 0.3 is 0 Å². The van der Waals surface area contributed by atoms with E-state index in [1.54, 1.807) is 24.3 Å². The van der Waals surface area contributed by atoms with Crippen molar-refractivity contribution < 1.29 is 4.74 Å². The molecule has 3 heteroatoms. The summed E-state index contributed by atoms with van der Waals surface area (Å²) in [6, 6.07) is 16.3. The van der Waals surface area contributed by atoms with E-state index in [0.29, 0.717) is 11.4 Å². The third-order valence-electron chi connectivity index (χ3n) is 2.21. The van der Waals surface area contributed by atoms with Gasteiger partial charge in [-0.2, -0.15) is 4.74 Å². The lowest BCUT2D eigenvalue weighted by Gasteiger charge is -2.02. The van der Waals surface area contributed by atoms with Gasteiger partial charge in [0.25, 0.3) is 0 Å². The van der Waals surface area contributed by atoms with Gasteiger partial charge in [0.15, 0.2) is 6.21 Å². The number of hydrogen-bond donors (Lipinski definition) is 1. The van der Waals surface area contributed by atoms with Crippen LogP contribution in [0.25, 0.3) is 0 Å². The number of benzene rings is 2. The summed E-state index contributed by atoms with van der Waals surface area (Å²) < 4.78 is 0.828. The van der Waals surface area contributed by atoms with Crippen LogP contribution in [0.3, 0.4) is 0 Å².